The molecule has 21 heavy (non-hydrogen) atoms. The number of carbonyl (C=O) groups excluding carboxylic acids is 1. The van der Waals surface area contributed by atoms with Crippen molar-refractivity contribution in [1.29, 1.82) is 0 Å². The first-order valence-corrected chi connectivity index (χ1v) is 8.39. The molecule has 7 nitrogen and oxygen atoms in total. The number of carbonyl (C=O) groups is 1. The van der Waals surface area contributed by atoms with Gasteiger partial charge >= 0.3 is 0 Å². The smallest absolute Gasteiger partial charge is 0.241 e. The van der Waals surface area contributed by atoms with Gasteiger partial charge in [-0.15, -0.1) is 0 Å². The second-order valence-electron chi connectivity index (χ2n) is 4.31. The van der Waals surface area contributed by atoms with Crippen LogP contribution in [0.15, 0.2) is 27.6 Å². The molecule has 0 saturated carbocycles. The van der Waals surface area contributed by atoms with Gasteiger partial charge in [0.2, 0.25) is 15.9 Å². The molecule has 0 aliphatic rings. The summed E-state index contributed by atoms with van der Waals surface area (Å²) in [5, 5.41) is 2.56. The van der Waals surface area contributed by atoms with E-state index < -0.39 is 22.0 Å². The zero-order valence-electron chi connectivity index (χ0n) is 11.7. The fourth-order valence-electron chi connectivity index (χ4n) is 1.46. The Bertz CT molecular complexity index is 607. The lowest BCUT2D eigenvalue weighted by atomic mass is 10.3. The molecule has 1 rings (SSSR count). The van der Waals surface area contributed by atoms with E-state index in [-0.39, 0.29) is 4.90 Å². The van der Waals surface area contributed by atoms with Gasteiger partial charge in [0.05, 0.1) is 17.5 Å². The van der Waals surface area contributed by atoms with Crippen molar-refractivity contribution < 1.29 is 17.9 Å². The fourth-order valence-corrected chi connectivity index (χ4v) is 3.22. The second-order valence-corrected chi connectivity index (χ2v) is 6.88. The molecule has 0 spiro atoms. The highest BCUT2D eigenvalue weighted by Crippen LogP contribution is 2.23. The molecule has 118 valence electrons. The summed E-state index contributed by atoms with van der Waals surface area (Å²) in [6.45, 7) is 2.14. The Balaban J connectivity index is 2.75. The SMILES string of the molecule is COCCNC(=O)C(C)NS(=O)(=O)c1ccc(N)c(Br)c1. The Morgan fingerprint density at radius 1 is 1.48 bits per heavy atom. The van der Waals surface area contributed by atoms with Crippen LogP contribution in [-0.4, -0.2) is 40.6 Å². The van der Waals surface area contributed by atoms with Gasteiger partial charge in [0.25, 0.3) is 0 Å². The van der Waals surface area contributed by atoms with Crippen molar-refractivity contribution in [3.8, 4) is 0 Å². The highest BCUT2D eigenvalue weighted by Gasteiger charge is 2.22. The molecule has 0 aliphatic heterocycles. The van der Waals surface area contributed by atoms with Gasteiger partial charge in [-0.3, -0.25) is 4.79 Å². The summed E-state index contributed by atoms with van der Waals surface area (Å²) in [6.07, 6.45) is 0. The lowest BCUT2D eigenvalue weighted by Gasteiger charge is -2.14. The van der Waals surface area contributed by atoms with E-state index in [1.807, 2.05) is 0 Å². The van der Waals surface area contributed by atoms with E-state index in [4.69, 9.17) is 10.5 Å². The number of nitrogen functional groups attached to an aromatic ring is 1. The molecule has 1 unspecified atom stereocenters. The molecular formula is C12H18BrN3O4S. The molecule has 0 saturated heterocycles. The Kier molecular flexibility index (Phi) is 6.59. The number of hydrogen-bond acceptors (Lipinski definition) is 5. The maximum absolute atomic E-state index is 12.2. The van der Waals surface area contributed by atoms with Crippen LogP contribution in [0.2, 0.25) is 0 Å². The number of anilines is 1. The minimum absolute atomic E-state index is 0.0279. The van der Waals surface area contributed by atoms with Gasteiger partial charge in [0.1, 0.15) is 0 Å². The first-order chi connectivity index (χ1) is 9.77. The van der Waals surface area contributed by atoms with Crippen LogP contribution in [0.3, 0.4) is 0 Å². The maximum Gasteiger partial charge on any atom is 0.241 e. The summed E-state index contributed by atoms with van der Waals surface area (Å²) < 4.78 is 31.9. The summed E-state index contributed by atoms with van der Waals surface area (Å²) in [6, 6.07) is 3.33. The molecule has 0 fully saturated rings. The quantitative estimate of drug-likeness (QED) is 0.470. The van der Waals surface area contributed by atoms with Crippen LogP contribution in [-0.2, 0) is 19.6 Å². The van der Waals surface area contributed by atoms with Crippen molar-refractivity contribution in [3.63, 3.8) is 0 Å². The highest BCUT2D eigenvalue weighted by atomic mass is 79.9. The number of ether oxygens (including phenoxy) is 1. The summed E-state index contributed by atoms with van der Waals surface area (Å²) in [4.78, 5) is 11.8. The largest absolute Gasteiger partial charge is 0.398 e. The predicted molar refractivity (Wildman–Crippen MR) is 83.2 cm³/mol. The number of benzene rings is 1. The number of nitrogens with one attached hydrogen (secondary N) is 2. The molecule has 4 N–H and O–H groups in total. The maximum atomic E-state index is 12.2. The highest BCUT2D eigenvalue weighted by molar-refractivity contribution is 9.10. The van der Waals surface area contributed by atoms with Crippen molar-refractivity contribution >= 4 is 37.5 Å². The number of halogens is 1. The molecule has 0 bridgehead atoms. The predicted octanol–water partition coefficient (Wildman–Crippen LogP) is 0.461. The minimum Gasteiger partial charge on any atom is -0.398 e. The molecule has 9 heteroatoms. The molecule has 0 radical (unpaired) electrons. The third-order valence-electron chi connectivity index (χ3n) is 2.61. The summed E-state index contributed by atoms with van der Waals surface area (Å²) in [5.41, 5.74) is 6.04. The van der Waals surface area contributed by atoms with Crippen molar-refractivity contribution in [2.75, 3.05) is 26.0 Å². The van der Waals surface area contributed by atoms with Crippen molar-refractivity contribution in [2.45, 2.75) is 17.9 Å². The van der Waals surface area contributed by atoms with Gasteiger partial charge in [-0.1, -0.05) is 0 Å². The molecule has 1 amide bonds. The molecule has 1 aromatic rings. The van der Waals surface area contributed by atoms with E-state index in [0.29, 0.717) is 23.3 Å². The Morgan fingerprint density at radius 3 is 2.71 bits per heavy atom. The van der Waals surface area contributed by atoms with Crippen LogP contribution < -0.4 is 15.8 Å². The Labute approximate surface area is 132 Å². The molecular weight excluding hydrogens is 362 g/mol. The fraction of sp³-hybridized carbons (Fsp3) is 0.417. The first kappa shape index (κ1) is 17.9. The third-order valence-corrected chi connectivity index (χ3v) is 4.84. The monoisotopic (exact) mass is 379 g/mol. The number of rotatable bonds is 7. The molecule has 1 atom stereocenters. The van der Waals surface area contributed by atoms with Crippen LogP contribution in [0, 0.1) is 0 Å². The Morgan fingerprint density at radius 2 is 2.14 bits per heavy atom. The van der Waals surface area contributed by atoms with E-state index in [2.05, 4.69) is 26.0 Å². The van der Waals surface area contributed by atoms with Crippen molar-refractivity contribution in [1.82, 2.24) is 10.0 Å². The minimum atomic E-state index is -3.80. The average molecular weight is 380 g/mol. The second kappa shape index (κ2) is 7.74. The van der Waals surface area contributed by atoms with Crippen LogP contribution in [0.4, 0.5) is 5.69 Å². The molecule has 1 aromatic carbocycles. The standard InChI is InChI=1S/C12H18BrN3O4S/c1-8(12(17)15-5-6-20-2)16-21(18,19)9-3-4-11(14)10(13)7-9/h3-4,7-8,16H,5-6,14H2,1-2H3,(H,15,17). The number of nitrogens with two attached hydrogens (primary N) is 1. The van der Waals surface area contributed by atoms with E-state index in [0.717, 1.165) is 0 Å². The first-order valence-electron chi connectivity index (χ1n) is 6.12. The van der Waals surface area contributed by atoms with E-state index >= 15 is 0 Å². The normalized spacial score (nSPS) is 12.9. The van der Waals surface area contributed by atoms with E-state index in [9.17, 15) is 13.2 Å². The van der Waals surface area contributed by atoms with Gasteiger partial charge < -0.3 is 15.8 Å². The van der Waals surface area contributed by atoms with Crippen LogP contribution in [0.1, 0.15) is 6.92 Å². The van der Waals surface area contributed by atoms with Gasteiger partial charge in [-0.25, -0.2) is 8.42 Å². The molecule has 0 heterocycles. The number of methoxy groups -OCH3 is 1. The van der Waals surface area contributed by atoms with Crippen LogP contribution in [0.25, 0.3) is 0 Å². The van der Waals surface area contributed by atoms with E-state index in [1.165, 1.54) is 32.2 Å². The lowest BCUT2D eigenvalue weighted by Crippen LogP contribution is -2.45. The number of sulfonamides is 1. The zero-order chi connectivity index (χ0) is 16.0. The third kappa shape index (κ3) is 5.27. The summed E-state index contributed by atoms with van der Waals surface area (Å²) >= 11 is 3.17. The van der Waals surface area contributed by atoms with Gasteiger partial charge in [-0.2, -0.15) is 4.72 Å². The van der Waals surface area contributed by atoms with Gasteiger partial charge in [-0.05, 0) is 41.1 Å². The molecule has 0 aromatic heterocycles. The van der Waals surface area contributed by atoms with E-state index in [1.54, 1.807) is 0 Å². The number of hydrogen-bond donors (Lipinski definition) is 3. The van der Waals surface area contributed by atoms with Crippen LogP contribution >= 0.6 is 15.9 Å². The van der Waals surface area contributed by atoms with Crippen molar-refractivity contribution in [3.05, 3.63) is 22.7 Å². The van der Waals surface area contributed by atoms with Gasteiger partial charge in [0.15, 0.2) is 0 Å². The Hall–Kier alpha value is -1.16. The molecule has 0 aliphatic carbocycles. The van der Waals surface area contributed by atoms with Crippen LogP contribution in [0.5, 0.6) is 0 Å². The summed E-state index contributed by atoms with van der Waals surface area (Å²) in [5.74, 6) is -0.426. The zero-order valence-corrected chi connectivity index (χ0v) is 14.1. The van der Waals surface area contributed by atoms with Crippen molar-refractivity contribution in [2.24, 2.45) is 0 Å². The van der Waals surface area contributed by atoms with Gasteiger partial charge in [0, 0.05) is 23.8 Å². The number of amides is 1. The average Bonchev–Trinajstić information content (AvgIpc) is 2.41. The topological polar surface area (TPSA) is 111 Å². The summed E-state index contributed by atoms with van der Waals surface area (Å²) in [7, 11) is -2.29. The lowest BCUT2D eigenvalue weighted by molar-refractivity contribution is -0.122.